The van der Waals surface area contributed by atoms with E-state index in [1.807, 2.05) is 55.5 Å². The van der Waals surface area contributed by atoms with E-state index in [1.165, 1.54) is 0 Å². The molecule has 10 heteroatoms. The van der Waals surface area contributed by atoms with Gasteiger partial charge in [0.05, 0.1) is 24.8 Å². The summed E-state index contributed by atoms with van der Waals surface area (Å²) in [5.74, 6) is -0.140. The van der Waals surface area contributed by atoms with Crippen molar-refractivity contribution in [1.82, 2.24) is 9.80 Å². The van der Waals surface area contributed by atoms with Crippen molar-refractivity contribution in [1.29, 1.82) is 0 Å². The van der Waals surface area contributed by atoms with Gasteiger partial charge in [0.15, 0.2) is 0 Å². The van der Waals surface area contributed by atoms with Crippen molar-refractivity contribution in [2.45, 2.75) is 26.0 Å². The highest BCUT2D eigenvalue weighted by atomic mass is 16.5. The number of amides is 5. The van der Waals surface area contributed by atoms with Gasteiger partial charge >= 0.3 is 12.1 Å². The van der Waals surface area contributed by atoms with Crippen LogP contribution in [0.2, 0.25) is 0 Å². The maximum Gasteiger partial charge on any atom is 0.323 e. The highest BCUT2D eigenvalue weighted by molar-refractivity contribution is 6.02. The molecule has 0 radical (unpaired) electrons. The summed E-state index contributed by atoms with van der Waals surface area (Å²) in [6.07, 6.45) is -0.452. The van der Waals surface area contributed by atoms with Gasteiger partial charge in [0, 0.05) is 36.6 Å². The fraction of sp³-hybridized carbons (Fsp3) is 0.300. The van der Waals surface area contributed by atoms with E-state index in [1.54, 1.807) is 54.1 Å². The number of aliphatic hydroxyl groups excluding tert-OH is 1. The van der Waals surface area contributed by atoms with Crippen LogP contribution in [0.5, 0.6) is 5.75 Å². The van der Waals surface area contributed by atoms with Crippen molar-refractivity contribution in [3.05, 3.63) is 84.4 Å². The van der Waals surface area contributed by atoms with Crippen molar-refractivity contribution in [2.75, 3.05) is 42.7 Å². The molecule has 0 spiro atoms. The Kier molecular flexibility index (Phi) is 9.23. The number of carbonyl (C=O) groups excluding carboxylic acids is 3. The summed E-state index contributed by atoms with van der Waals surface area (Å²) in [6, 6.07) is 21.9. The molecule has 3 atom stereocenters. The van der Waals surface area contributed by atoms with Gasteiger partial charge in [-0.05, 0) is 49.4 Å². The number of rotatable bonds is 7. The van der Waals surface area contributed by atoms with Crippen LogP contribution in [0.25, 0.3) is 0 Å². The molecule has 3 aromatic carbocycles. The third-order valence-electron chi connectivity index (χ3n) is 6.78. The van der Waals surface area contributed by atoms with Gasteiger partial charge in [0.1, 0.15) is 11.9 Å². The lowest BCUT2D eigenvalue weighted by molar-refractivity contribution is 0.0371. The molecule has 3 aromatic rings. The minimum Gasteiger partial charge on any atom is -0.487 e. The first-order chi connectivity index (χ1) is 19.2. The lowest BCUT2D eigenvalue weighted by atomic mass is 9.99. The number of hydrogen-bond donors (Lipinski definition) is 4. The second kappa shape index (κ2) is 13.0. The summed E-state index contributed by atoms with van der Waals surface area (Å²) in [5, 5.41) is 18.3. The topological polar surface area (TPSA) is 123 Å². The number of ether oxygens (including phenoxy) is 1. The summed E-state index contributed by atoms with van der Waals surface area (Å²) in [4.78, 5) is 42.2. The van der Waals surface area contributed by atoms with Crippen LogP contribution in [0.15, 0.2) is 78.9 Å². The third-order valence-corrected chi connectivity index (χ3v) is 6.78. The molecule has 0 aliphatic carbocycles. The van der Waals surface area contributed by atoms with Crippen LogP contribution >= 0.6 is 0 Å². The predicted molar refractivity (Wildman–Crippen MR) is 155 cm³/mol. The zero-order chi connectivity index (χ0) is 28.6. The van der Waals surface area contributed by atoms with Gasteiger partial charge in [-0.15, -0.1) is 0 Å². The predicted octanol–water partition coefficient (Wildman–Crippen LogP) is 4.71. The number of hydrogen-bond acceptors (Lipinski definition) is 5. The molecule has 1 heterocycles. The number of nitrogens with zero attached hydrogens (tertiary/aromatic N) is 2. The van der Waals surface area contributed by atoms with Crippen LogP contribution in [0.4, 0.5) is 26.7 Å². The fourth-order valence-corrected chi connectivity index (χ4v) is 4.43. The maximum atomic E-state index is 13.6. The van der Waals surface area contributed by atoms with Gasteiger partial charge in [-0.25, -0.2) is 9.59 Å². The second-order valence-electron chi connectivity index (χ2n) is 9.96. The zero-order valence-electron chi connectivity index (χ0n) is 22.8. The lowest BCUT2D eigenvalue weighted by Crippen LogP contribution is -2.50. The molecule has 0 aromatic heterocycles. The van der Waals surface area contributed by atoms with Gasteiger partial charge in [0.2, 0.25) is 0 Å². The average molecular weight is 546 g/mol. The van der Waals surface area contributed by atoms with Crippen LogP contribution < -0.4 is 20.7 Å². The molecule has 5 amide bonds. The molecular formula is C30H35N5O5. The van der Waals surface area contributed by atoms with E-state index in [2.05, 4.69) is 16.0 Å². The molecule has 210 valence electrons. The molecule has 1 aliphatic heterocycles. The van der Waals surface area contributed by atoms with Crippen LogP contribution in [-0.2, 0) is 0 Å². The standard InChI is InChI=1S/C30H35N5O5/c1-20-17-35(21(2)19-36)28(37)25-16-24(32-29(38)31-22-10-6-4-7-11-22)14-15-26(25)40-27(20)18-34(3)30(39)33-23-12-8-5-9-13-23/h4-16,20-21,27,36H,17-19H2,1-3H3,(H,33,39)(H2,31,32,38)/t20-,21-,27-/m0/s1. The quantitative estimate of drug-likeness (QED) is 0.342. The smallest absolute Gasteiger partial charge is 0.323 e. The molecule has 4 rings (SSSR count). The van der Waals surface area contributed by atoms with Crippen molar-refractivity contribution in [3.63, 3.8) is 0 Å². The molecule has 0 saturated carbocycles. The van der Waals surface area contributed by atoms with Crippen LogP contribution in [0.3, 0.4) is 0 Å². The molecule has 40 heavy (non-hydrogen) atoms. The Morgan fingerprint density at radius 1 is 0.975 bits per heavy atom. The second-order valence-corrected chi connectivity index (χ2v) is 9.96. The van der Waals surface area contributed by atoms with E-state index in [-0.39, 0.29) is 36.6 Å². The molecule has 10 nitrogen and oxygen atoms in total. The van der Waals surface area contributed by atoms with Gasteiger partial charge < -0.3 is 35.6 Å². The summed E-state index contributed by atoms with van der Waals surface area (Å²) in [7, 11) is 1.69. The maximum absolute atomic E-state index is 13.6. The summed E-state index contributed by atoms with van der Waals surface area (Å²) < 4.78 is 6.35. The van der Waals surface area contributed by atoms with Gasteiger partial charge in [-0.1, -0.05) is 43.3 Å². The molecular weight excluding hydrogens is 510 g/mol. The van der Waals surface area contributed by atoms with E-state index in [9.17, 15) is 19.5 Å². The first-order valence-electron chi connectivity index (χ1n) is 13.2. The average Bonchev–Trinajstić information content (AvgIpc) is 2.95. The van der Waals surface area contributed by atoms with Crippen LogP contribution in [0.1, 0.15) is 24.2 Å². The normalized spacial score (nSPS) is 17.4. The number of likely N-dealkylation sites (N-methyl/N-ethyl adjacent to an activating group) is 1. The lowest BCUT2D eigenvalue weighted by Gasteiger charge is -2.38. The Labute approximate surface area is 233 Å². The molecule has 0 saturated heterocycles. The molecule has 1 aliphatic rings. The summed E-state index contributed by atoms with van der Waals surface area (Å²) in [5.41, 5.74) is 1.98. The summed E-state index contributed by atoms with van der Waals surface area (Å²) >= 11 is 0. The third kappa shape index (κ3) is 7.09. The number of benzene rings is 3. The minimum absolute atomic E-state index is 0.160. The summed E-state index contributed by atoms with van der Waals surface area (Å²) in [6.45, 7) is 4.08. The molecule has 0 fully saturated rings. The van der Waals surface area contributed by atoms with Crippen molar-refractivity contribution in [3.8, 4) is 5.75 Å². The highest BCUT2D eigenvalue weighted by Crippen LogP contribution is 2.31. The fourth-order valence-electron chi connectivity index (χ4n) is 4.43. The number of urea groups is 2. The largest absolute Gasteiger partial charge is 0.487 e. The Bertz CT molecular complexity index is 1320. The molecule has 0 unspecified atom stereocenters. The van der Waals surface area contributed by atoms with Crippen LogP contribution in [0, 0.1) is 5.92 Å². The molecule has 4 N–H and O–H groups in total. The Morgan fingerprint density at radius 3 is 2.20 bits per heavy atom. The van der Waals surface area contributed by atoms with Crippen LogP contribution in [-0.4, -0.2) is 71.8 Å². The zero-order valence-corrected chi connectivity index (χ0v) is 22.8. The van der Waals surface area contributed by atoms with Gasteiger partial charge in [-0.2, -0.15) is 0 Å². The van der Waals surface area contributed by atoms with E-state index in [0.717, 1.165) is 0 Å². The molecule has 0 bridgehead atoms. The minimum atomic E-state index is -0.455. The number of para-hydroxylation sites is 2. The van der Waals surface area contributed by atoms with E-state index < -0.39 is 18.2 Å². The van der Waals surface area contributed by atoms with Crippen molar-refractivity contribution < 1.29 is 24.2 Å². The van der Waals surface area contributed by atoms with Gasteiger partial charge in [0.25, 0.3) is 5.91 Å². The van der Waals surface area contributed by atoms with E-state index >= 15 is 0 Å². The van der Waals surface area contributed by atoms with Crippen molar-refractivity contribution in [2.24, 2.45) is 5.92 Å². The van der Waals surface area contributed by atoms with Gasteiger partial charge in [-0.3, -0.25) is 4.79 Å². The first kappa shape index (κ1) is 28.4. The number of aliphatic hydroxyl groups is 1. The Hall–Kier alpha value is -4.57. The SMILES string of the molecule is C[C@H]1CN([C@@H](C)CO)C(=O)c2cc(NC(=O)Nc3ccccc3)ccc2O[C@H]1CN(C)C(=O)Nc1ccccc1. The number of fused-ring (bicyclic) bond motifs is 1. The number of anilines is 3. The van der Waals surface area contributed by atoms with E-state index in [0.29, 0.717) is 29.4 Å². The Balaban J connectivity index is 1.55. The number of carbonyl (C=O) groups is 3. The monoisotopic (exact) mass is 545 g/mol. The first-order valence-corrected chi connectivity index (χ1v) is 13.2. The van der Waals surface area contributed by atoms with E-state index in [4.69, 9.17) is 4.74 Å². The highest BCUT2D eigenvalue weighted by Gasteiger charge is 2.34. The van der Waals surface area contributed by atoms with Crippen molar-refractivity contribution >= 4 is 35.0 Å². The Morgan fingerprint density at radius 2 is 1.57 bits per heavy atom. The number of nitrogens with one attached hydrogen (secondary N) is 3.